The van der Waals surface area contributed by atoms with Gasteiger partial charge in [-0.2, -0.15) is 5.26 Å². The Labute approximate surface area is 131 Å². The van der Waals surface area contributed by atoms with Gasteiger partial charge < -0.3 is 10.1 Å². The molecule has 0 aliphatic heterocycles. The number of ether oxygens (including phenoxy) is 1. The maximum Gasteiger partial charge on any atom is 0.341 e. The molecular formula is C16H12FN3O3. The fraction of sp³-hybridized carbons (Fsp3) is 0.125. The lowest BCUT2D eigenvalue weighted by molar-refractivity contribution is -0.119. The number of benzene rings is 1. The van der Waals surface area contributed by atoms with E-state index in [1.54, 1.807) is 31.2 Å². The van der Waals surface area contributed by atoms with Crippen molar-refractivity contribution in [3.05, 3.63) is 59.0 Å². The third kappa shape index (κ3) is 4.35. The molecule has 1 amide bonds. The molecule has 0 aliphatic rings. The van der Waals surface area contributed by atoms with E-state index >= 15 is 0 Å². The van der Waals surface area contributed by atoms with E-state index in [9.17, 15) is 14.0 Å². The van der Waals surface area contributed by atoms with E-state index in [4.69, 9.17) is 10.00 Å². The molecule has 7 heteroatoms. The molecule has 0 radical (unpaired) electrons. The molecule has 2 aromatic rings. The van der Waals surface area contributed by atoms with Gasteiger partial charge in [0.05, 0.1) is 17.2 Å². The number of nitrogens with zero attached hydrogens (tertiary/aromatic N) is 2. The number of esters is 1. The Morgan fingerprint density at radius 1 is 1.35 bits per heavy atom. The normalized spacial score (nSPS) is 9.78. The lowest BCUT2D eigenvalue weighted by Gasteiger charge is -2.07. The Morgan fingerprint density at radius 3 is 2.78 bits per heavy atom. The number of amides is 1. The van der Waals surface area contributed by atoms with Gasteiger partial charge in [-0.3, -0.25) is 4.79 Å². The molecule has 0 spiro atoms. The molecule has 0 bridgehead atoms. The van der Waals surface area contributed by atoms with E-state index in [1.807, 2.05) is 0 Å². The van der Waals surface area contributed by atoms with Gasteiger partial charge in [0.25, 0.3) is 5.91 Å². The highest BCUT2D eigenvalue weighted by atomic mass is 19.1. The first kappa shape index (κ1) is 16.1. The Balaban J connectivity index is 1.94. The summed E-state index contributed by atoms with van der Waals surface area (Å²) in [7, 11) is 0. The molecule has 0 saturated heterocycles. The number of rotatable bonds is 4. The number of nitrogens with one attached hydrogen (secondary N) is 1. The van der Waals surface area contributed by atoms with E-state index in [1.165, 1.54) is 6.07 Å². The Hall–Kier alpha value is -3.27. The number of nitriles is 1. The molecule has 0 atom stereocenters. The van der Waals surface area contributed by atoms with Gasteiger partial charge in [0, 0.05) is 5.69 Å². The third-order valence-electron chi connectivity index (χ3n) is 2.81. The highest BCUT2D eigenvalue weighted by molar-refractivity contribution is 5.95. The highest BCUT2D eigenvalue weighted by Crippen LogP contribution is 2.11. The standard InChI is InChI=1S/C16H12FN3O3/c1-10-3-2-4-14(19-10)20-15(21)9-23-16(22)12-6-5-11(8-18)7-13(12)17/h2-7H,9H2,1H3,(H,19,20,21). The van der Waals surface area contributed by atoms with Crippen LogP contribution < -0.4 is 5.32 Å². The highest BCUT2D eigenvalue weighted by Gasteiger charge is 2.15. The minimum atomic E-state index is -0.987. The van der Waals surface area contributed by atoms with Gasteiger partial charge in [0.2, 0.25) is 0 Å². The molecule has 1 heterocycles. The number of hydrogen-bond acceptors (Lipinski definition) is 5. The number of anilines is 1. The fourth-order valence-electron chi connectivity index (χ4n) is 1.75. The molecule has 0 saturated carbocycles. The van der Waals surface area contributed by atoms with Crippen LogP contribution in [0.3, 0.4) is 0 Å². The number of aryl methyl sites for hydroxylation is 1. The molecule has 116 valence electrons. The maximum absolute atomic E-state index is 13.6. The summed E-state index contributed by atoms with van der Waals surface area (Å²) in [5.41, 5.74) is 0.465. The zero-order chi connectivity index (χ0) is 16.8. The average Bonchev–Trinajstić information content (AvgIpc) is 2.52. The number of carbonyl (C=O) groups is 2. The van der Waals surface area contributed by atoms with E-state index in [0.717, 1.165) is 17.8 Å². The van der Waals surface area contributed by atoms with Gasteiger partial charge in [-0.1, -0.05) is 6.07 Å². The van der Waals surface area contributed by atoms with Crippen molar-refractivity contribution in [3.8, 4) is 6.07 Å². The van der Waals surface area contributed by atoms with Crippen molar-refractivity contribution in [3.63, 3.8) is 0 Å². The number of halogens is 1. The van der Waals surface area contributed by atoms with Crippen LogP contribution in [0.4, 0.5) is 10.2 Å². The molecule has 0 unspecified atom stereocenters. The molecule has 1 N–H and O–H groups in total. The fourth-order valence-corrected chi connectivity index (χ4v) is 1.75. The minimum absolute atomic E-state index is 0.0855. The molecule has 1 aromatic heterocycles. The van der Waals surface area contributed by atoms with Crippen molar-refractivity contribution in [1.29, 1.82) is 5.26 Å². The van der Waals surface area contributed by atoms with Crippen molar-refractivity contribution in [2.45, 2.75) is 6.92 Å². The van der Waals surface area contributed by atoms with Crippen molar-refractivity contribution in [1.82, 2.24) is 4.98 Å². The second-order valence-electron chi connectivity index (χ2n) is 4.59. The molecule has 0 fully saturated rings. The second-order valence-corrected chi connectivity index (χ2v) is 4.59. The van der Waals surface area contributed by atoms with Gasteiger partial charge >= 0.3 is 5.97 Å². The van der Waals surface area contributed by atoms with Gasteiger partial charge in [0.15, 0.2) is 6.61 Å². The van der Waals surface area contributed by atoms with E-state index in [0.29, 0.717) is 5.82 Å². The Kier molecular flexibility index (Phi) is 5.00. The summed E-state index contributed by atoms with van der Waals surface area (Å²) in [4.78, 5) is 27.5. The largest absolute Gasteiger partial charge is 0.452 e. The van der Waals surface area contributed by atoms with Crippen molar-refractivity contribution in [2.24, 2.45) is 0 Å². The first-order chi connectivity index (χ1) is 11.0. The molecular weight excluding hydrogens is 301 g/mol. The predicted molar refractivity (Wildman–Crippen MR) is 79.0 cm³/mol. The van der Waals surface area contributed by atoms with Crippen molar-refractivity contribution >= 4 is 17.7 Å². The number of pyridine rings is 1. The van der Waals surface area contributed by atoms with Crippen LogP contribution in [0, 0.1) is 24.1 Å². The lowest BCUT2D eigenvalue weighted by Crippen LogP contribution is -2.22. The molecule has 23 heavy (non-hydrogen) atoms. The van der Waals surface area contributed by atoms with Crippen LogP contribution in [0.5, 0.6) is 0 Å². The van der Waals surface area contributed by atoms with Gasteiger partial charge in [-0.25, -0.2) is 14.2 Å². The van der Waals surface area contributed by atoms with E-state index in [-0.39, 0.29) is 11.1 Å². The van der Waals surface area contributed by atoms with Gasteiger partial charge in [0.1, 0.15) is 11.6 Å². The summed E-state index contributed by atoms with van der Waals surface area (Å²) in [6, 6.07) is 10.2. The van der Waals surface area contributed by atoms with Crippen molar-refractivity contribution < 1.29 is 18.7 Å². The summed E-state index contributed by atoms with van der Waals surface area (Å²) < 4.78 is 18.4. The van der Waals surface area contributed by atoms with Crippen LogP contribution in [-0.2, 0) is 9.53 Å². The predicted octanol–water partition coefficient (Wildman–Crippen LogP) is 2.20. The molecule has 2 rings (SSSR count). The zero-order valence-electron chi connectivity index (χ0n) is 12.2. The van der Waals surface area contributed by atoms with Crippen LogP contribution >= 0.6 is 0 Å². The summed E-state index contributed by atoms with van der Waals surface area (Å²) in [6.07, 6.45) is 0. The van der Waals surface area contributed by atoms with Crippen LogP contribution in [0.1, 0.15) is 21.6 Å². The van der Waals surface area contributed by atoms with E-state index in [2.05, 4.69) is 10.3 Å². The molecule has 1 aromatic carbocycles. The molecule has 6 nitrogen and oxygen atoms in total. The van der Waals surface area contributed by atoms with Crippen LogP contribution in [0.15, 0.2) is 36.4 Å². The zero-order valence-corrected chi connectivity index (χ0v) is 12.2. The van der Waals surface area contributed by atoms with Crippen LogP contribution in [0.25, 0.3) is 0 Å². The van der Waals surface area contributed by atoms with Gasteiger partial charge in [-0.15, -0.1) is 0 Å². The summed E-state index contributed by atoms with van der Waals surface area (Å²) in [6.45, 7) is 1.19. The monoisotopic (exact) mass is 313 g/mol. The third-order valence-corrected chi connectivity index (χ3v) is 2.81. The second kappa shape index (κ2) is 7.13. The number of carbonyl (C=O) groups excluding carboxylic acids is 2. The quantitative estimate of drug-likeness (QED) is 0.874. The SMILES string of the molecule is Cc1cccc(NC(=O)COC(=O)c2ccc(C#N)cc2F)n1. The maximum atomic E-state index is 13.6. The smallest absolute Gasteiger partial charge is 0.341 e. The van der Waals surface area contributed by atoms with Crippen LogP contribution in [-0.4, -0.2) is 23.5 Å². The first-order valence-corrected chi connectivity index (χ1v) is 6.60. The molecule has 0 aliphatic carbocycles. The summed E-state index contributed by atoms with van der Waals surface area (Å²) in [5, 5.41) is 11.1. The average molecular weight is 313 g/mol. The first-order valence-electron chi connectivity index (χ1n) is 6.60. The minimum Gasteiger partial charge on any atom is -0.452 e. The number of aromatic nitrogens is 1. The number of hydrogen-bond donors (Lipinski definition) is 1. The topological polar surface area (TPSA) is 92.1 Å². The van der Waals surface area contributed by atoms with E-state index < -0.39 is 24.3 Å². The summed E-state index contributed by atoms with van der Waals surface area (Å²) in [5.74, 6) is -2.13. The van der Waals surface area contributed by atoms with Crippen molar-refractivity contribution in [2.75, 3.05) is 11.9 Å². The summed E-state index contributed by atoms with van der Waals surface area (Å²) >= 11 is 0. The Bertz CT molecular complexity index is 799. The van der Waals surface area contributed by atoms with Gasteiger partial charge in [-0.05, 0) is 37.3 Å². The Morgan fingerprint density at radius 2 is 2.13 bits per heavy atom. The lowest BCUT2D eigenvalue weighted by atomic mass is 10.1. The van der Waals surface area contributed by atoms with Crippen LogP contribution in [0.2, 0.25) is 0 Å².